The van der Waals surface area contributed by atoms with Crippen molar-refractivity contribution >= 4 is 12.0 Å². The average Bonchev–Trinajstić information content (AvgIpc) is 2.17. The molecule has 0 amide bonds. The van der Waals surface area contributed by atoms with Crippen LogP contribution in [0.3, 0.4) is 0 Å². The van der Waals surface area contributed by atoms with Crippen molar-refractivity contribution in [2.24, 2.45) is 4.99 Å². The second kappa shape index (κ2) is 8.16. The minimum Gasteiger partial charge on any atom is -0.293 e. The molecule has 0 N–H and O–H groups in total. The lowest BCUT2D eigenvalue weighted by Crippen LogP contribution is -2.08. The Balaban J connectivity index is 3.63. The summed E-state index contributed by atoms with van der Waals surface area (Å²) >= 11 is 0. The van der Waals surface area contributed by atoms with Gasteiger partial charge in [0.1, 0.15) is 6.61 Å². The highest BCUT2D eigenvalue weighted by molar-refractivity contribution is 5.87. The molecule has 0 aromatic heterocycles. The average molecular weight is 199 g/mol. The van der Waals surface area contributed by atoms with Crippen molar-refractivity contribution in [3.63, 3.8) is 0 Å². The van der Waals surface area contributed by atoms with Gasteiger partial charge in [-0.15, -0.1) is 0 Å². The molecule has 0 radical (unpaired) electrons. The molecule has 0 aromatic carbocycles. The monoisotopic (exact) mass is 199 g/mol. The Hall–Kier alpha value is -1.45. The maximum Gasteiger partial charge on any atom is 0.368 e. The topological polar surface area (TPSA) is 65.0 Å². The van der Waals surface area contributed by atoms with E-state index >= 15 is 0 Å². The van der Waals surface area contributed by atoms with Crippen LogP contribution in [0.15, 0.2) is 16.6 Å². The van der Waals surface area contributed by atoms with Crippen LogP contribution in [0.1, 0.15) is 20.3 Å². The van der Waals surface area contributed by atoms with E-state index in [0.29, 0.717) is 5.57 Å². The first-order valence-electron chi connectivity index (χ1n) is 4.26. The summed E-state index contributed by atoms with van der Waals surface area (Å²) in [5, 5.41) is 0. The Morgan fingerprint density at radius 2 is 2.29 bits per heavy atom. The minimum absolute atomic E-state index is 0.0559. The highest BCUT2D eigenvalue weighted by Gasteiger charge is 2.05. The highest BCUT2D eigenvalue weighted by Crippen LogP contribution is 1.98. The zero-order chi connectivity index (χ0) is 10.8. The van der Waals surface area contributed by atoms with Crippen LogP contribution >= 0.6 is 0 Å². The summed E-state index contributed by atoms with van der Waals surface area (Å²) in [5.41, 5.74) is 0.492. The third-order valence-electron chi connectivity index (χ3n) is 1.32. The molecule has 5 nitrogen and oxygen atoms in total. The van der Waals surface area contributed by atoms with Gasteiger partial charge in [-0.3, -0.25) is 4.89 Å². The van der Waals surface area contributed by atoms with Gasteiger partial charge in [0, 0.05) is 5.57 Å². The number of hydrogen-bond donors (Lipinski definition) is 0. The molecule has 0 bridgehead atoms. The first-order chi connectivity index (χ1) is 6.72. The molecule has 0 saturated carbocycles. The third-order valence-corrected chi connectivity index (χ3v) is 1.32. The van der Waals surface area contributed by atoms with Crippen LogP contribution < -0.4 is 0 Å². The van der Waals surface area contributed by atoms with Gasteiger partial charge in [-0.25, -0.2) is 14.6 Å². The van der Waals surface area contributed by atoms with E-state index in [0.717, 1.165) is 6.42 Å². The SMILES string of the molecule is CCC=C(C)C(=O)OOCCN=C=O. The number of hydrogen-bond acceptors (Lipinski definition) is 5. The van der Waals surface area contributed by atoms with Crippen LogP contribution in [0.4, 0.5) is 0 Å². The lowest BCUT2D eigenvalue weighted by Gasteiger charge is -2.01. The summed E-state index contributed by atoms with van der Waals surface area (Å²) in [7, 11) is 0. The number of carbonyl (C=O) groups excluding carboxylic acids is 2. The van der Waals surface area contributed by atoms with Crippen molar-refractivity contribution in [3.8, 4) is 0 Å². The number of nitrogens with zero attached hydrogens (tertiary/aromatic N) is 1. The maximum absolute atomic E-state index is 11.0. The summed E-state index contributed by atoms with van der Waals surface area (Å²) in [5.74, 6) is -0.526. The Bertz CT molecular complexity index is 254. The van der Waals surface area contributed by atoms with Crippen molar-refractivity contribution in [1.82, 2.24) is 0 Å². The zero-order valence-electron chi connectivity index (χ0n) is 8.28. The van der Waals surface area contributed by atoms with E-state index in [-0.39, 0.29) is 13.2 Å². The molecular weight excluding hydrogens is 186 g/mol. The summed E-state index contributed by atoms with van der Waals surface area (Å²) in [6.45, 7) is 3.74. The van der Waals surface area contributed by atoms with Crippen molar-refractivity contribution < 1.29 is 19.4 Å². The highest BCUT2D eigenvalue weighted by atomic mass is 17.2. The third kappa shape index (κ3) is 6.11. The van der Waals surface area contributed by atoms with Crippen LogP contribution in [0, 0.1) is 0 Å². The Morgan fingerprint density at radius 1 is 1.57 bits per heavy atom. The predicted octanol–water partition coefficient (Wildman–Crippen LogP) is 1.15. The fourth-order valence-corrected chi connectivity index (χ4v) is 0.679. The van der Waals surface area contributed by atoms with E-state index < -0.39 is 5.97 Å². The standard InChI is InChI=1S/C9H13NO4/c1-3-4-8(2)9(12)14-13-6-5-10-7-11/h4H,3,5-6H2,1-2H3. The molecule has 0 aliphatic heterocycles. The van der Waals surface area contributed by atoms with Gasteiger partial charge in [-0.2, -0.15) is 4.89 Å². The van der Waals surface area contributed by atoms with E-state index in [9.17, 15) is 9.59 Å². The van der Waals surface area contributed by atoms with Crippen molar-refractivity contribution in [2.75, 3.05) is 13.2 Å². The van der Waals surface area contributed by atoms with E-state index in [1.807, 2.05) is 6.92 Å². The largest absolute Gasteiger partial charge is 0.368 e. The number of rotatable bonds is 6. The molecule has 14 heavy (non-hydrogen) atoms. The van der Waals surface area contributed by atoms with E-state index in [1.54, 1.807) is 13.0 Å². The molecule has 0 rings (SSSR count). The molecule has 0 aliphatic carbocycles. The van der Waals surface area contributed by atoms with Gasteiger partial charge in [-0.05, 0) is 13.3 Å². The second-order valence-corrected chi connectivity index (χ2v) is 2.46. The summed E-state index contributed by atoms with van der Waals surface area (Å²) in [4.78, 5) is 32.8. The van der Waals surface area contributed by atoms with Crippen molar-refractivity contribution in [1.29, 1.82) is 0 Å². The summed E-state index contributed by atoms with van der Waals surface area (Å²) in [6, 6.07) is 0. The fraction of sp³-hybridized carbons (Fsp3) is 0.556. The quantitative estimate of drug-likeness (QED) is 0.161. The molecule has 0 heterocycles. The van der Waals surface area contributed by atoms with Gasteiger partial charge in [0.15, 0.2) is 0 Å². The smallest absolute Gasteiger partial charge is 0.293 e. The van der Waals surface area contributed by atoms with Gasteiger partial charge in [0.25, 0.3) is 0 Å². The van der Waals surface area contributed by atoms with Gasteiger partial charge in [-0.1, -0.05) is 13.0 Å². The van der Waals surface area contributed by atoms with Gasteiger partial charge in [0.2, 0.25) is 6.08 Å². The molecule has 0 unspecified atom stereocenters. The molecule has 0 fully saturated rings. The number of isocyanates is 1. The van der Waals surface area contributed by atoms with Gasteiger partial charge < -0.3 is 0 Å². The maximum atomic E-state index is 11.0. The van der Waals surface area contributed by atoms with Crippen molar-refractivity contribution in [2.45, 2.75) is 20.3 Å². The van der Waals surface area contributed by atoms with E-state index in [4.69, 9.17) is 0 Å². The van der Waals surface area contributed by atoms with Crippen LogP contribution in [0.5, 0.6) is 0 Å². The fourth-order valence-electron chi connectivity index (χ4n) is 0.679. The lowest BCUT2D eigenvalue weighted by molar-refractivity contribution is -0.266. The lowest BCUT2D eigenvalue weighted by atomic mass is 10.2. The molecule has 0 aromatic rings. The van der Waals surface area contributed by atoms with Crippen LogP contribution in [0.2, 0.25) is 0 Å². The summed E-state index contributed by atoms with van der Waals surface area (Å²) in [6.07, 6.45) is 3.83. The van der Waals surface area contributed by atoms with E-state index in [1.165, 1.54) is 6.08 Å². The molecule has 0 saturated heterocycles. The van der Waals surface area contributed by atoms with Crippen LogP contribution in [-0.4, -0.2) is 25.2 Å². The van der Waals surface area contributed by atoms with Crippen LogP contribution in [-0.2, 0) is 19.4 Å². The normalized spacial score (nSPS) is 10.6. The summed E-state index contributed by atoms with van der Waals surface area (Å²) < 4.78 is 0. The van der Waals surface area contributed by atoms with Gasteiger partial charge in [0.05, 0.1) is 6.54 Å². The minimum atomic E-state index is -0.526. The number of aliphatic imine (C=N–C) groups is 1. The predicted molar refractivity (Wildman–Crippen MR) is 49.1 cm³/mol. The molecule has 0 atom stereocenters. The van der Waals surface area contributed by atoms with Crippen LogP contribution in [0.25, 0.3) is 0 Å². The van der Waals surface area contributed by atoms with Crippen molar-refractivity contribution in [3.05, 3.63) is 11.6 Å². The Morgan fingerprint density at radius 3 is 2.86 bits per heavy atom. The Kier molecular flexibility index (Phi) is 7.32. The molecule has 78 valence electrons. The number of allylic oxidation sites excluding steroid dienone is 1. The molecule has 0 aliphatic rings. The first kappa shape index (κ1) is 12.6. The zero-order valence-corrected chi connectivity index (χ0v) is 8.28. The second-order valence-electron chi connectivity index (χ2n) is 2.46. The molecular formula is C9H13NO4. The molecule has 5 heteroatoms. The van der Waals surface area contributed by atoms with Gasteiger partial charge >= 0.3 is 5.97 Å². The Labute approximate surface area is 82.3 Å². The molecule has 0 spiro atoms. The van der Waals surface area contributed by atoms with E-state index in [2.05, 4.69) is 14.8 Å². The number of carbonyl (C=O) groups is 1. The first-order valence-corrected chi connectivity index (χ1v) is 4.26.